The fraction of sp³-hybridized carbons (Fsp3) is 0.526. The highest BCUT2D eigenvalue weighted by atomic mass is 32.2. The van der Waals surface area contributed by atoms with E-state index in [0.29, 0.717) is 41.6 Å². The molecule has 29 heavy (non-hydrogen) atoms. The maximum absolute atomic E-state index is 12.4. The summed E-state index contributed by atoms with van der Waals surface area (Å²) in [5.41, 5.74) is 1.21. The molecule has 10 heteroatoms. The molecule has 2 fully saturated rings. The van der Waals surface area contributed by atoms with Gasteiger partial charge >= 0.3 is 0 Å². The second-order valence-corrected chi connectivity index (χ2v) is 9.98. The first kappa shape index (κ1) is 20.1. The van der Waals surface area contributed by atoms with Crippen LogP contribution >= 0.6 is 0 Å². The zero-order valence-electron chi connectivity index (χ0n) is 17.0. The summed E-state index contributed by atoms with van der Waals surface area (Å²) in [5.74, 6) is 1.36. The van der Waals surface area contributed by atoms with E-state index in [9.17, 15) is 8.42 Å². The summed E-state index contributed by atoms with van der Waals surface area (Å²) in [6.45, 7) is 5.58. The van der Waals surface area contributed by atoms with E-state index < -0.39 is 9.84 Å². The number of nitrogens with zero attached hydrogens (tertiary/aromatic N) is 4. The Bertz CT molecular complexity index is 1010. The molecule has 154 valence electrons. The molecule has 0 aromatic carbocycles. The molecule has 0 radical (unpaired) electrons. The first-order valence-electron chi connectivity index (χ1n) is 9.91. The SMILES string of the molecule is BN1CCC(Oc2ncnc(Oc3ccc(S(=O)(=O)C4CC4)nc3C)c2C)CC1. The normalized spacial score (nSPS) is 18.6. The summed E-state index contributed by atoms with van der Waals surface area (Å²) in [6, 6.07) is 3.14. The molecule has 1 aliphatic heterocycles. The molecule has 2 aromatic heterocycles. The molecule has 1 aliphatic carbocycles. The Morgan fingerprint density at radius 3 is 2.41 bits per heavy atom. The maximum atomic E-state index is 12.4. The van der Waals surface area contributed by atoms with Gasteiger partial charge in [-0.1, -0.05) is 0 Å². The highest BCUT2D eigenvalue weighted by Gasteiger charge is 2.38. The molecule has 2 aromatic rings. The highest BCUT2D eigenvalue weighted by molar-refractivity contribution is 7.92. The van der Waals surface area contributed by atoms with Crippen molar-refractivity contribution in [1.82, 2.24) is 19.8 Å². The smallest absolute Gasteiger partial charge is 0.229 e. The van der Waals surface area contributed by atoms with Crippen LogP contribution in [0.25, 0.3) is 0 Å². The quantitative estimate of drug-likeness (QED) is 0.656. The molecule has 4 rings (SSSR count). The van der Waals surface area contributed by atoms with E-state index in [1.165, 1.54) is 12.4 Å². The molecule has 0 N–H and O–H groups in total. The van der Waals surface area contributed by atoms with Crippen LogP contribution in [0.1, 0.15) is 36.9 Å². The second-order valence-electron chi connectivity index (χ2n) is 7.81. The van der Waals surface area contributed by atoms with E-state index in [-0.39, 0.29) is 16.4 Å². The number of pyridine rings is 1. The van der Waals surface area contributed by atoms with E-state index in [1.807, 2.05) is 6.92 Å². The van der Waals surface area contributed by atoms with Gasteiger partial charge in [0.25, 0.3) is 0 Å². The Kier molecular flexibility index (Phi) is 5.48. The maximum Gasteiger partial charge on any atom is 0.229 e. The summed E-state index contributed by atoms with van der Waals surface area (Å²) < 4.78 is 36.8. The van der Waals surface area contributed by atoms with Crippen molar-refractivity contribution in [2.75, 3.05) is 13.1 Å². The third-order valence-electron chi connectivity index (χ3n) is 5.41. The van der Waals surface area contributed by atoms with E-state index in [2.05, 4.69) is 27.7 Å². The van der Waals surface area contributed by atoms with Gasteiger partial charge in [0.1, 0.15) is 12.4 Å². The van der Waals surface area contributed by atoms with Gasteiger partial charge in [-0.15, -0.1) is 0 Å². The Labute approximate surface area is 172 Å². The minimum absolute atomic E-state index is 0.107. The lowest BCUT2D eigenvalue weighted by Crippen LogP contribution is -2.36. The van der Waals surface area contributed by atoms with Crippen LogP contribution in [0.3, 0.4) is 0 Å². The van der Waals surface area contributed by atoms with Gasteiger partial charge in [0.15, 0.2) is 28.6 Å². The van der Waals surface area contributed by atoms with Crippen LogP contribution in [-0.2, 0) is 9.84 Å². The van der Waals surface area contributed by atoms with Crippen LogP contribution in [-0.4, -0.2) is 60.6 Å². The van der Waals surface area contributed by atoms with Gasteiger partial charge < -0.3 is 14.3 Å². The molecule has 8 nitrogen and oxygen atoms in total. The van der Waals surface area contributed by atoms with Gasteiger partial charge in [0, 0.05) is 0 Å². The van der Waals surface area contributed by atoms with Gasteiger partial charge in [0.05, 0.1) is 16.5 Å². The number of hydrogen-bond donors (Lipinski definition) is 0. The average Bonchev–Trinajstić information content (AvgIpc) is 3.54. The lowest BCUT2D eigenvalue weighted by molar-refractivity contribution is 0.129. The molecule has 0 atom stereocenters. The van der Waals surface area contributed by atoms with Crippen LogP contribution in [0, 0.1) is 13.8 Å². The number of aromatic nitrogens is 3. The van der Waals surface area contributed by atoms with Gasteiger partial charge in [0.2, 0.25) is 11.8 Å². The Hall–Kier alpha value is -2.20. The molecule has 1 saturated heterocycles. The standard InChI is InChI=1S/C19H25BN4O4S/c1-12-18(27-14-7-9-24(20)10-8-14)21-11-22-19(12)28-16-5-6-17(23-13(16)2)29(25,26)15-3-4-15/h5-6,11,14-15H,3-4,7-10,20H2,1-2H3. The monoisotopic (exact) mass is 416 g/mol. The molecule has 0 amide bonds. The molecule has 0 spiro atoms. The summed E-state index contributed by atoms with van der Waals surface area (Å²) in [7, 11) is -1.22. The van der Waals surface area contributed by atoms with E-state index in [0.717, 1.165) is 25.9 Å². The molecule has 3 heterocycles. The molecular weight excluding hydrogens is 391 g/mol. The topological polar surface area (TPSA) is 94.5 Å². The van der Waals surface area contributed by atoms with Crippen LogP contribution < -0.4 is 9.47 Å². The first-order valence-corrected chi connectivity index (χ1v) is 11.5. The van der Waals surface area contributed by atoms with Gasteiger partial charge in [-0.05, 0) is 64.8 Å². The first-order chi connectivity index (χ1) is 13.8. The van der Waals surface area contributed by atoms with Crippen LogP contribution in [0.4, 0.5) is 0 Å². The highest BCUT2D eigenvalue weighted by Crippen LogP contribution is 2.35. The van der Waals surface area contributed by atoms with Crippen LogP contribution in [0.5, 0.6) is 17.5 Å². The third-order valence-corrected chi connectivity index (χ3v) is 7.57. The Balaban J connectivity index is 1.51. The molecular formula is C19H25BN4O4S. The van der Waals surface area contributed by atoms with Gasteiger partial charge in [-0.2, -0.15) is 0 Å². The third kappa shape index (κ3) is 4.38. The number of rotatable bonds is 6. The van der Waals surface area contributed by atoms with E-state index >= 15 is 0 Å². The minimum atomic E-state index is -3.33. The Morgan fingerprint density at radius 2 is 1.76 bits per heavy atom. The molecule has 2 aliphatic rings. The van der Waals surface area contributed by atoms with Crippen molar-refractivity contribution in [1.29, 1.82) is 0 Å². The van der Waals surface area contributed by atoms with Crippen molar-refractivity contribution in [3.05, 3.63) is 29.7 Å². The summed E-state index contributed by atoms with van der Waals surface area (Å²) in [4.78, 5) is 15.0. The number of piperidine rings is 1. The number of ether oxygens (including phenoxy) is 2. The van der Waals surface area contributed by atoms with Crippen LogP contribution in [0.2, 0.25) is 0 Å². The zero-order chi connectivity index (χ0) is 20.6. The molecule has 0 bridgehead atoms. The predicted molar refractivity (Wildman–Crippen MR) is 110 cm³/mol. The van der Waals surface area contributed by atoms with E-state index in [1.54, 1.807) is 13.0 Å². The summed E-state index contributed by atoms with van der Waals surface area (Å²) in [5, 5.41) is -0.180. The second kappa shape index (κ2) is 7.91. The van der Waals surface area contributed by atoms with Crippen molar-refractivity contribution < 1.29 is 17.9 Å². The van der Waals surface area contributed by atoms with Crippen LogP contribution in [0.15, 0.2) is 23.5 Å². The summed E-state index contributed by atoms with van der Waals surface area (Å²) >= 11 is 0. The predicted octanol–water partition coefficient (Wildman–Crippen LogP) is 1.61. The van der Waals surface area contributed by atoms with Crippen molar-refractivity contribution in [2.24, 2.45) is 0 Å². The minimum Gasteiger partial charge on any atom is -0.474 e. The Morgan fingerprint density at radius 1 is 1.07 bits per heavy atom. The lowest BCUT2D eigenvalue weighted by Gasteiger charge is -2.29. The lowest BCUT2D eigenvalue weighted by atomic mass is 10.0. The largest absolute Gasteiger partial charge is 0.474 e. The number of sulfone groups is 1. The number of hydrogen-bond acceptors (Lipinski definition) is 8. The van der Waals surface area contributed by atoms with Crippen molar-refractivity contribution in [3.8, 4) is 17.5 Å². The van der Waals surface area contributed by atoms with Crippen molar-refractivity contribution in [2.45, 2.75) is 55.9 Å². The van der Waals surface area contributed by atoms with Crippen molar-refractivity contribution >= 4 is 17.8 Å². The number of aryl methyl sites for hydroxylation is 1. The van der Waals surface area contributed by atoms with E-state index in [4.69, 9.17) is 9.47 Å². The summed E-state index contributed by atoms with van der Waals surface area (Å²) in [6.07, 6.45) is 4.87. The fourth-order valence-corrected chi connectivity index (χ4v) is 4.97. The van der Waals surface area contributed by atoms with Crippen molar-refractivity contribution in [3.63, 3.8) is 0 Å². The fourth-order valence-electron chi connectivity index (χ4n) is 3.35. The molecule has 1 saturated carbocycles. The van der Waals surface area contributed by atoms with Gasteiger partial charge in [-0.3, -0.25) is 0 Å². The van der Waals surface area contributed by atoms with Gasteiger partial charge in [-0.25, -0.2) is 23.4 Å². The molecule has 0 unspecified atom stereocenters. The zero-order valence-corrected chi connectivity index (χ0v) is 17.8. The average molecular weight is 416 g/mol.